The summed E-state index contributed by atoms with van der Waals surface area (Å²) in [5.41, 5.74) is 1.98. The van der Waals surface area contributed by atoms with E-state index in [4.69, 9.17) is 14.0 Å². The lowest BCUT2D eigenvalue weighted by Crippen LogP contribution is -2.22. The van der Waals surface area contributed by atoms with E-state index in [1.54, 1.807) is 13.8 Å². The Morgan fingerprint density at radius 3 is 2.54 bits per heavy atom. The van der Waals surface area contributed by atoms with Crippen LogP contribution in [0.1, 0.15) is 61.9 Å². The molecule has 0 aromatic carbocycles. The van der Waals surface area contributed by atoms with E-state index in [9.17, 15) is 14.4 Å². The number of nitrogens with one attached hydrogen (secondary N) is 1. The van der Waals surface area contributed by atoms with Crippen LogP contribution in [0.15, 0.2) is 4.52 Å². The topological polar surface area (TPSA) is 108 Å². The van der Waals surface area contributed by atoms with Crippen molar-refractivity contribution < 1.29 is 28.4 Å². The van der Waals surface area contributed by atoms with Crippen LogP contribution in [0.25, 0.3) is 0 Å². The SMILES string of the molecule is COC(=O)c1c(NC(=O)COC(=O)c2c(C)noc2C)sc2c1CCCCC2. The van der Waals surface area contributed by atoms with Gasteiger partial charge in [0.05, 0.1) is 18.4 Å². The molecular formula is C19H22N2O6S. The zero-order chi connectivity index (χ0) is 20.3. The third-order valence-corrected chi connectivity index (χ3v) is 5.84. The quantitative estimate of drug-likeness (QED) is 0.600. The van der Waals surface area contributed by atoms with Crippen LogP contribution < -0.4 is 5.32 Å². The number of amides is 1. The molecule has 28 heavy (non-hydrogen) atoms. The predicted molar refractivity (Wildman–Crippen MR) is 102 cm³/mol. The van der Waals surface area contributed by atoms with Crippen molar-refractivity contribution in [2.24, 2.45) is 0 Å². The van der Waals surface area contributed by atoms with E-state index in [-0.39, 0.29) is 5.56 Å². The van der Waals surface area contributed by atoms with Crippen LogP contribution in [-0.4, -0.2) is 36.7 Å². The fraction of sp³-hybridized carbons (Fsp3) is 0.474. The second-order valence-electron chi connectivity index (χ2n) is 6.58. The number of ether oxygens (including phenoxy) is 2. The van der Waals surface area contributed by atoms with E-state index in [1.165, 1.54) is 18.4 Å². The van der Waals surface area contributed by atoms with Gasteiger partial charge < -0.3 is 19.3 Å². The molecule has 0 aliphatic heterocycles. The van der Waals surface area contributed by atoms with Crippen molar-refractivity contribution in [2.75, 3.05) is 19.0 Å². The Morgan fingerprint density at radius 1 is 1.11 bits per heavy atom. The molecule has 0 atom stereocenters. The van der Waals surface area contributed by atoms with Gasteiger partial charge in [-0.1, -0.05) is 11.6 Å². The molecule has 0 spiro atoms. The molecule has 1 aliphatic carbocycles. The van der Waals surface area contributed by atoms with E-state index < -0.39 is 24.5 Å². The van der Waals surface area contributed by atoms with Crippen LogP contribution in [0.3, 0.4) is 0 Å². The lowest BCUT2D eigenvalue weighted by molar-refractivity contribution is -0.119. The summed E-state index contributed by atoms with van der Waals surface area (Å²) in [5.74, 6) is -1.34. The van der Waals surface area contributed by atoms with E-state index in [0.717, 1.165) is 42.5 Å². The Labute approximate surface area is 166 Å². The van der Waals surface area contributed by atoms with Crippen LogP contribution in [0.4, 0.5) is 5.00 Å². The second kappa shape index (κ2) is 8.55. The number of aromatic nitrogens is 1. The molecule has 2 heterocycles. The van der Waals surface area contributed by atoms with Crippen molar-refractivity contribution >= 4 is 34.2 Å². The minimum Gasteiger partial charge on any atom is -0.465 e. The van der Waals surface area contributed by atoms with Gasteiger partial charge in [-0.05, 0) is 45.1 Å². The highest BCUT2D eigenvalue weighted by Gasteiger charge is 2.27. The molecule has 150 valence electrons. The first kappa shape index (κ1) is 20.1. The Bertz CT molecular complexity index is 894. The normalized spacial score (nSPS) is 13.4. The maximum absolute atomic E-state index is 12.3. The summed E-state index contributed by atoms with van der Waals surface area (Å²) >= 11 is 1.39. The fourth-order valence-electron chi connectivity index (χ4n) is 3.29. The van der Waals surface area contributed by atoms with Crippen molar-refractivity contribution in [3.8, 4) is 0 Å². The van der Waals surface area contributed by atoms with Crippen molar-refractivity contribution in [3.63, 3.8) is 0 Å². The number of esters is 2. The summed E-state index contributed by atoms with van der Waals surface area (Å²) in [6.07, 6.45) is 4.82. The first-order valence-corrected chi connectivity index (χ1v) is 9.86. The van der Waals surface area contributed by atoms with Crippen LogP contribution in [0.5, 0.6) is 0 Å². The average Bonchev–Trinajstić information content (AvgIpc) is 3.08. The maximum atomic E-state index is 12.3. The number of anilines is 1. The van der Waals surface area contributed by atoms with Crippen molar-refractivity contribution in [3.05, 3.63) is 33.0 Å². The van der Waals surface area contributed by atoms with Crippen molar-refractivity contribution in [1.29, 1.82) is 0 Å². The molecular weight excluding hydrogens is 384 g/mol. The van der Waals surface area contributed by atoms with Crippen LogP contribution >= 0.6 is 11.3 Å². The van der Waals surface area contributed by atoms with E-state index >= 15 is 0 Å². The molecule has 1 aliphatic rings. The lowest BCUT2D eigenvalue weighted by Gasteiger charge is -2.08. The first-order valence-electron chi connectivity index (χ1n) is 9.05. The van der Waals surface area contributed by atoms with Gasteiger partial charge >= 0.3 is 11.9 Å². The van der Waals surface area contributed by atoms with Gasteiger partial charge in [-0.15, -0.1) is 11.3 Å². The fourth-order valence-corrected chi connectivity index (χ4v) is 4.58. The number of hydrogen-bond donors (Lipinski definition) is 1. The number of rotatable bonds is 5. The molecule has 1 amide bonds. The minimum atomic E-state index is -0.679. The van der Waals surface area contributed by atoms with Crippen LogP contribution in [0, 0.1) is 13.8 Å². The molecule has 0 radical (unpaired) electrons. The summed E-state index contributed by atoms with van der Waals surface area (Å²) in [5, 5.41) is 6.83. The highest BCUT2D eigenvalue weighted by Crippen LogP contribution is 2.37. The van der Waals surface area contributed by atoms with Crippen molar-refractivity contribution in [2.45, 2.75) is 46.0 Å². The van der Waals surface area contributed by atoms with Gasteiger partial charge in [0.15, 0.2) is 6.61 Å². The Morgan fingerprint density at radius 2 is 1.86 bits per heavy atom. The molecule has 0 unspecified atom stereocenters. The van der Waals surface area contributed by atoms with Gasteiger partial charge in [0.2, 0.25) is 0 Å². The lowest BCUT2D eigenvalue weighted by atomic mass is 10.1. The van der Waals surface area contributed by atoms with E-state index in [0.29, 0.717) is 22.0 Å². The number of fused-ring (bicyclic) bond motifs is 1. The zero-order valence-corrected chi connectivity index (χ0v) is 16.9. The molecule has 2 aromatic heterocycles. The number of hydrogen-bond acceptors (Lipinski definition) is 8. The minimum absolute atomic E-state index is 0.214. The van der Waals surface area contributed by atoms with Gasteiger partial charge in [-0.25, -0.2) is 9.59 Å². The van der Waals surface area contributed by atoms with E-state index in [1.807, 2.05) is 0 Å². The number of carbonyl (C=O) groups excluding carboxylic acids is 3. The summed E-state index contributed by atoms with van der Waals surface area (Å²) < 4.78 is 14.9. The smallest absolute Gasteiger partial charge is 0.344 e. The number of aryl methyl sites for hydroxylation is 3. The van der Waals surface area contributed by atoms with E-state index in [2.05, 4.69) is 10.5 Å². The first-order chi connectivity index (χ1) is 13.4. The monoisotopic (exact) mass is 406 g/mol. The number of nitrogens with zero attached hydrogens (tertiary/aromatic N) is 1. The molecule has 9 heteroatoms. The molecule has 0 saturated carbocycles. The standard InChI is InChI=1S/C19H22N2O6S/c1-10-15(11(2)27-21-10)19(24)26-9-14(22)20-17-16(18(23)25-3)12-7-5-4-6-8-13(12)28-17/h4-9H2,1-3H3,(H,20,22). The van der Waals surface area contributed by atoms with Gasteiger partial charge in [-0.2, -0.15) is 0 Å². The number of methoxy groups -OCH3 is 1. The highest BCUT2D eigenvalue weighted by atomic mass is 32.1. The number of thiophene rings is 1. The third-order valence-electron chi connectivity index (χ3n) is 4.64. The van der Waals surface area contributed by atoms with Gasteiger partial charge in [0.1, 0.15) is 16.3 Å². The molecule has 0 bridgehead atoms. The largest absolute Gasteiger partial charge is 0.465 e. The molecule has 0 fully saturated rings. The van der Waals surface area contributed by atoms with Gasteiger partial charge in [-0.3, -0.25) is 4.79 Å². The summed E-state index contributed by atoms with van der Waals surface area (Å²) in [7, 11) is 1.32. The Hall–Kier alpha value is -2.68. The second-order valence-corrected chi connectivity index (χ2v) is 7.69. The predicted octanol–water partition coefficient (Wildman–Crippen LogP) is 3.20. The zero-order valence-electron chi connectivity index (χ0n) is 16.0. The van der Waals surface area contributed by atoms with Crippen LogP contribution in [-0.2, 0) is 27.1 Å². The maximum Gasteiger partial charge on any atom is 0.344 e. The average molecular weight is 406 g/mol. The Balaban J connectivity index is 1.71. The number of carbonyl (C=O) groups is 3. The van der Waals surface area contributed by atoms with Crippen LogP contribution in [0.2, 0.25) is 0 Å². The summed E-state index contributed by atoms with van der Waals surface area (Å²) in [6.45, 7) is 2.73. The molecule has 0 saturated heterocycles. The summed E-state index contributed by atoms with van der Waals surface area (Å²) in [4.78, 5) is 37.9. The molecule has 2 aromatic rings. The molecule has 1 N–H and O–H groups in total. The van der Waals surface area contributed by atoms with Crippen molar-refractivity contribution in [1.82, 2.24) is 5.16 Å². The molecule has 3 rings (SSSR count). The summed E-state index contributed by atoms with van der Waals surface area (Å²) in [6, 6.07) is 0. The Kier molecular flexibility index (Phi) is 6.13. The molecule has 8 nitrogen and oxygen atoms in total. The van der Waals surface area contributed by atoms with Gasteiger partial charge in [0, 0.05) is 4.88 Å². The van der Waals surface area contributed by atoms with Gasteiger partial charge in [0.25, 0.3) is 5.91 Å². The third kappa shape index (κ3) is 4.09. The highest BCUT2D eigenvalue weighted by molar-refractivity contribution is 7.17.